The highest BCUT2D eigenvalue weighted by atomic mass is 16.1. The van der Waals surface area contributed by atoms with Gasteiger partial charge in [0, 0.05) is 24.7 Å². The average molecular weight is 260 g/mol. The van der Waals surface area contributed by atoms with E-state index in [-0.39, 0.29) is 5.91 Å². The second kappa shape index (κ2) is 6.20. The van der Waals surface area contributed by atoms with Gasteiger partial charge in [-0.3, -0.25) is 4.79 Å². The predicted molar refractivity (Wildman–Crippen MR) is 78.5 cm³/mol. The molecule has 1 aliphatic rings. The molecule has 0 atom stereocenters. The van der Waals surface area contributed by atoms with Gasteiger partial charge in [-0.1, -0.05) is 24.1 Å². The Bertz CT molecular complexity index is 428. The lowest BCUT2D eigenvalue weighted by Gasteiger charge is -2.31. The van der Waals surface area contributed by atoms with Crippen LogP contribution in [-0.2, 0) is 0 Å². The van der Waals surface area contributed by atoms with Crippen molar-refractivity contribution in [1.29, 1.82) is 0 Å². The molecule has 0 radical (unpaired) electrons. The molecule has 1 fully saturated rings. The molecule has 0 bridgehead atoms. The molecule has 0 spiro atoms. The second-order valence-corrected chi connectivity index (χ2v) is 5.56. The van der Waals surface area contributed by atoms with Gasteiger partial charge in [-0.25, -0.2) is 0 Å². The van der Waals surface area contributed by atoms with Crippen LogP contribution in [0.2, 0.25) is 0 Å². The quantitative estimate of drug-likeness (QED) is 0.905. The number of benzene rings is 1. The molecule has 1 saturated heterocycles. The summed E-state index contributed by atoms with van der Waals surface area (Å²) in [5.41, 5.74) is 3.08. The monoisotopic (exact) mass is 260 g/mol. The first-order valence-electron chi connectivity index (χ1n) is 7.20. The van der Waals surface area contributed by atoms with Crippen molar-refractivity contribution in [3.63, 3.8) is 0 Å². The standard InChI is InChI=1S/C16H24N2O/c1-4-18-7-5-15(6-8-18)17-16(19)14-10-12(2)9-13(3)11-14/h9-11,15H,4-8H2,1-3H3,(H,17,19). The Kier molecular flexibility index (Phi) is 4.59. The Morgan fingerprint density at radius 2 is 1.79 bits per heavy atom. The molecule has 1 amide bonds. The highest BCUT2D eigenvalue weighted by molar-refractivity contribution is 5.94. The van der Waals surface area contributed by atoms with Crippen molar-refractivity contribution in [2.24, 2.45) is 0 Å². The lowest BCUT2D eigenvalue weighted by atomic mass is 10.0. The van der Waals surface area contributed by atoms with Gasteiger partial charge in [0.25, 0.3) is 5.91 Å². The van der Waals surface area contributed by atoms with Crippen molar-refractivity contribution >= 4 is 5.91 Å². The van der Waals surface area contributed by atoms with Crippen LogP contribution in [0, 0.1) is 13.8 Å². The fraction of sp³-hybridized carbons (Fsp3) is 0.562. The van der Waals surface area contributed by atoms with Crippen LogP contribution < -0.4 is 5.32 Å². The Morgan fingerprint density at radius 1 is 1.21 bits per heavy atom. The van der Waals surface area contributed by atoms with Crippen LogP contribution in [0.15, 0.2) is 18.2 Å². The van der Waals surface area contributed by atoms with Crippen LogP contribution in [-0.4, -0.2) is 36.5 Å². The van der Waals surface area contributed by atoms with Crippen molar-refractivity contribution in [1.82, 2.24) is 10.2 Å². The number of carbonyl (C=O) groups excluding carboxylic acids is 1. The maximum absolute atomic E-state index is 12.2. The first kappa shape index (κ1) is 14.1. The van der Waals surface area contributed by atoms with E-state index in [9.17, 15) is 4.79 Å². The Balaban J connectivity index is 1.94. The number of piperidine rings is 1. The largest absolute Gasteiger partial charge is 0.349 e. The molecular weight excluding hydrogens is 236 g/mol. The molecule has 0 unspecified atom stereocenters. The van der Waals surface area contributed by atoms with Crippen molar-refractivity contribution in [3.05, 3.63) is 34.9 Å². The van der Waals surface area contributed by atoms with Crippen molar-refractivity contribution in [3.8, 4) is 0 Å². The minimum absolute atomic E-state index is 0.0711. The first-order chi connectivity index (χ1) is 9.08. The zero-order valence-corrected chi connectivity index (χ0v) is 12.2. The number of aryl methyl sites for hydroxylation is 2. The Labute approximate surface area is 116 Å². The lowest BCUT2D eigenvalue weighted by Crippen LogP contribution is -2.44. The second-order valence-electron chi connectivity index (χ2n) is 5.56. The fourth-order valence-electron chi connectivity index (χ4n) is 2.77. The highest BCUT2D eigenvalue weighted by Gasteiger charge is 2.20. The summed E-state index contributed by atoms with van der Waals surface area (Å²) in [5, 5.41) is 3.17. The average Bonchev–Trinajstić information content (AvgIpc) is 2.38. The van der Waals surface area contributed by atoms with Gasteiger partial charge in [0.15, 0.2) is 0 Å². The van der Waals surface area contributed by atoms with E-state index < -0.39 is 0 Å². The van der Waals surface area contributed by atoms with Crippen LogP contribution in [0.4, 0.5) is 0 Å². The van der Waals surface area contributed by atoms with Crippen LogP contribution in [0.1, 0.15) is 41.3 Å². The third-order valence-corrected chi connectivity index (χ3v) is 3.85. The molecule has 3 heteroatoms. The molecule has 0 aliphatic carbocycles. The molecular formula is C16H24N2O. The predicted octanol–water partition coefficient (Wildman–Crippen LogP) is 2.52. The third kappa shape index (κ3) is 3.80. The third-order valence-electron chi connectivity index (χ3n) is 3.85. The number of hydrogen-bond acceptors (Lipinski definition) is 2. The van der Waals surface area contributed by atoms with E-state index in [1.807, 2.05) is 26.0 Å². The van der Waals surface area contributed by atoms with Crippen molar-refractivity contribution in [2.45, 2.75) is 39.7 Å². The zero-order chi connectivity index (χ0) is 13.8. The summed E-state index contributed by atoms with van der Waals surface area (Å²) in [6.45, 7) is 9.54. The van der Waals surface area contributed by atoms with Gasteiger partial charge in [-0.2, -0.15) is 0 Å². The summed E-state index contributed by atoms with van der Waals surface area (Å²) in [6, 6.07) is 6.35. The molecule has 1 heterocycles. The summed E-state index contributed by atoms with van der Waals surface area (Å²) in [5.74, 6) is 0.0711. The van der Waals surface area contributed by atoms with Gasteiger partial charge in [-0.15, -0.1) is 0 Å². The van der Waals surface area contributed by atoms with Crippen LogP contribution in [0.5, 0.6) is 0 Å². The summed E-state index contributed by atoms with van der Waals surface area (Å²) < 4.78 is 0. The normalized spacial score (nSPS) is 17.4. The van der Waals surface area contributed by atoms with E-state index in [0.29, 0.717) is 6.04 Å². The SMILES string of the molecule is CCN1CCC(NC(=O)c2cc(C)cc(C)c2)CC1. The van der Waals surface area contributed by atoms with E-state index >= 15 is 0 Å². The van der Waals surface area contributed by atoms with Crippen molar-refractivity contribution < 1.29 is 4.79 Å². The first-order valence-corrected chi connectivity index (χ1v) is 7.20. The minimum atomic E-state index is 0.0711. The number of rotatable bonds is 3. The topological polar surface area (TPSA) is 32.3 Å². The molecule has 3 nitrogen and oxygen atoms in total. The van der Waals surface area contributed by atoms with Gasteiger partial charge in [0.1, 0.15) is 0 Å². The Morgan fingerprint density at radius 3 is 2.32 bits per heavy atom. The highest BCUT2D eigenvalue weighted by Crippen LogP contribution is 2.12. The van der Waals surface area contributed by atoms with Crippen LogP contribution in [0.25, 0.3) is 0 Å². The molecule has 19 heavy (non-hydrogen) atoms. The molecule has 0 saturated carbocycles. The summed E-state index contributed by atoms with van der Waals surface area (Å²) >= 11 is 0. The number of hydrogen-bond donors (Lipinski definition) is 1. The van der Waals surface area contributed by atoms with Gasteiger partial charge >= 0.3 is 0 Å². The van der Waals surface area contributed by atoms with E-state index in [4.69, 9.17) is 0 Å². The number of likely N-dealkylation sites (tertiary alicyclic amines) is 1. The number of carbonyl (C=O) groups is 1. The van der Waals surface area contributed by atoms with E-state index in [1.165, 1.54) is 0 Å². The number of nitrogens with one attached hydrogen (secondary N) is 1. The molecule has 1 aromatic rings. The summed E-state index contributed by atoms with van der Waals surface area (Å²) in [6.07, 6.45) is 2.12. The summed E-state index contributed by atoms with van der Waals surface area (Å²) in [4.78, 5) is 14.7. The van der Waals surface area contributed by atoms with Crippen molar-refractivity contribution in [2.75, 3.05) is 19.6 Å². The maximum Gasteiger partial charge on any atom is 0.251 e. The molecule has 1 aliphatic heterocycles. The molecule has 2 rings (SSSR count). The molecule has 1 N–H and O–H groups in total. The van der Waals surface area contributed by atoms with Crippen LogP contribution >= 0.6 is 0 Å². The maximum atomic E-state index is 12.2. The van der Waals surface area contributed by atoms with Gasteiger partial charge in [-0.05, 0) is 45.4 Å². The summed E-state index contributed by atoms with van der Waals surface area (Å²) in [7, 11) is 0. The lowest BCUT2D eigenvalue weighted by molar-refractivity contribution is 0.0912. The van der Waals surface area contributed by atoms with E-state index in [0.717, 1.165) is 49.2 Å². The smallest absolute Gasteiger partial charge is 0.251 e. The van der Waals surface area contributed by atoms with E-state index in [1.54, 1.807) is 0 Å². The van der Waals surface area contributed by atoms with Gasteiger partial charge in [0.05, 0.1) is 0 Å². The van der Waals surface area contributed by atoms with Crippen LogP contribution in [0.3, 0.4) is 0 Å². The van der Waals surface area contributed by atoms with Gasteiger partial charge in [0.2, 0.25) is 0 Å². The number of amides is 1. The molecule has 1 aromatic carbocycles. The molecule has 104 valence electrons. The van der Waals surface area contributed by atoms with Gasteiger partial charge < -0.3 is 10.2 Å². The Hall–Kier alpha value is -1.35. The fourth-order valence-corrected chi connectivity index (χ4v) is 2.77. The number of nitrogens with zero attached hydrogens (tertiary/aromatic N) is 1. The minimum Gasteiger partial charge on any atom is -0.349 e. The molecule has 0 aromatic heterocycles. The zero-order valence-electron chi connectivity index (χ0n) is 12.2. The van der Waals surface area contributed by atoms with E-state index in [2.05, 4.69) is 23.2 Å².